The van der Waals surface area contributed by atoms with Crippen molar-refractivity contribution in [2.45, 2.75) is 12.7 Å². The SMILES string of the molecule is FC(F)(F)c1nc(-c2ccc(Cn3nnc4cc(Cl)c(Cl)cc43)cc2)no1. The van der Waals surface area contributed by atoms with Gasteiger partial charge in [0.15, 0.2) is 0 Å². The van der Waals surface area contributed by atoms with Crippen LogP contribution in [0.4, 0.5) is 13.2 Å². The van der Waals surface area contributed by atoms with Gasteiger partial charge in [-0.3, -0.25) is 0 Å². The van der Waals surface area contributed by atoms with Gasteiger partial charge in [0.25, 0.3) is 0 Å². The first-order valence-corrected chi connectivity index (χ1v) is 8.25. The van der Waals surface area contributed by atoms with Crippen LogP contribution in [0, 0.1) is 0 Å². The van der Waals surface area contributed by atoms with E-state index in [1.165, 1.54) is 0 Å². The number of nitrogens with zero attached hydrogens (tertiary/aromatic N) is 5. The van der Waals surface area contributed by atoms with Gasteiger partial charge < -0.3 is 4.52 Å². The van der Waals surface area contributed by atoms with Crippen molar-refractivity contribution in [2.24, 2.45) is 0 Å². The van der Waals surface area contributed by atoms with Gasteiger partial charge in [-0.1, -0.05) is 57.8 Å². The summed E-state index contributed by atoms with van der Waals surface area (Å²) in [6, 6.07) is 9.95. The Labute approximate surface area is 159 Å². The molecule has 6 nitrogen and oxygen atoms in total. The molecule has 0 unspecified atom stereocenters. The predicted octanol–water partition coefficient (Wildman–Crippen LogP) is 4.86. The van der Waals surface area contributed by atoms with Crippen LogP contribution in [0.15, 0.2) is 40.9 Å². The second-order valence-electron chi connectivity index (χ2n) is 5.62. The molecule has 0 saturated carbocycles. The highest BCUT2D eigenvalue weighted by Crippen LogP contribution is 2.30. The van der Waals surface area contributed by atoms with Gasteiger partial charge in [0.1, 0.15) is 5.52 Å². The smallest absolute Gasteiger partial charge is 0.329 e. The van der Waals surface area contributed by atoms with Crippen molar-refractivity contribution in [3.63, 3.8) is 0 Å². The molecule has 4 aromatic rings. The second-order valence-corrected chi connectivity index (χ2v) is 6.43. The Hall–Kier alpha value is -2.65. The van der Waals surface area contributed by atoms with E-state index in [0.29, 0.717) is 33.2 Å². The molecule has 0 atom stereocenters. The molecule has 0 bridgehead atoms. The van der Waals surface area contributed by atoms with Gasteiger partial charge in [-0.15, -0.1) is 5.10 Å². The summed E-state index contributed by atoms with van der Waals surface area (Å²) >= 11 is 12.0. The van der Waals surface area contributed by atoms with E-state index in [4.69, 9.17) is 23.2 Å². The normalized spacial score (nSPS) is 12.0. The summed E-state index contributed by atoms with van der Waals surface area (Å²) in [5.74, 6) is -1.52. The molecule has 0 aliphatic carbocycles. The molecule has 138 valence electrons. The van der Waals surface area contributed by atoms with Crippen molar-refractivity contribution in [1.29, 1.82) is 0 Å². The summed E-state index contributed by atoms with van der Waals surface area (Å²) in [6.45, 7) is 0.384. The lowest BCUT2D eigenvalue weighted by Gasteiger charge is -2.04. The molecule has 0 spiro atoms. The minimum atomic E-state index is -4.68. The first kappa shape index (κ1) is 17.7. The molecule has 0 saturated heterocycles. The zero-order chi connectivity index (χ0) is 19.2. The maximum atomic E-state index is 12.5. The Balaban J connectivity index is 1.58. The highest BCUT2D eigenvalue weighted by atomic mass is 35.5. The first-order valence-electron chi connectivity index (χ1n) is 7.50. The fourth-order valence-corrected chi connectivity index (χ4v) is 2.78. The van der Waals surface area contributed by atoms with E-state index in [-0.39, 0.29) is 5.82 Å². The zero-order valence-corrected chi connectivity index (χ0v) is 14.7. The number of halogens is 5. The Morgan fingerprint density at radius 3 is 2.41 bits per heavy atom. The fourth-order valence-electron chi connectivity index (χ4n) is 2.47. The van der Waals surface area contributed by atoms with E-state index >= 15 is 0 Å². The Morgan fingerprint density at radius 2 is 1.74 bits per heavy atom. The quantitative estimate of drug-likeness (QED) is 0.479. The number of hydrogen-bond acceptors (Lipinski definition) is 5. The van der Waals surface area contributed by atoms with E-state index in [1.54, 1.807) is 41.1 Å². The number of aromatic nitrogens is 5. The Kier molecular flexibility index (Phi) is 4.27. The van der Waals surface area contributed by atoms with Crippen LogP contribution in [0.1, 0.15) is 11.5 Å². The van der Waals surface area contributed by atoms with Gasteiger partial charge in [0.05, 0.1) is 22.1 Å². The van der Waals surface area contributed by atoms with Gasteiger partial charge in [-0.05, 0) is 17.7 Å². The van der Waals surface area contributed by atoms with E-state index in [2.05, 4.69) is 25.0 Å². The maximum absolute atomic E-state index is 12.5. The molecule has 0 amide bonds. The standard InChI is InChI=1S/C16H8Cl2F3N5O/c17-10-5-12-13(6-11(10)18)26(25-23-12)7-8-1-3-9(4-2-8)14-22-15(27-24-14)16(19,20)21/h1-6H,7H2. The molecule has 2 aromatic heterocycles. The zero-order valence-electron chi connectivity index (χ0n) is 13.2. The molecule has 0 N–H and O–H groups in total. The Morgan fingerprint density at radius 1 is 1.04 bits per heavy atom. The van der Waals surface area contributed by atoms with E-state index in [9.17, 15) is 13.2 Å². The lowest BCUT2D eigenvalue weighted by Crippen LogP contribution is -2.04. The van der Waals surface area contributed by atoms with Crippen LogP contribution in [-0.4, -0.2) is 25.1 Å². The molecule has 0 aliphatic rings. The van der Waals surface area contributed by atoms with Gasteiger partial charge in [-0.25, -0.2) is 4.68 Å². The largest absolute Gasteiger partial charge is 0.471 e. The van der Waals surface area contributed by atoms with Crippen LogP contribution < -0.4 is 0 Å². The molecule has 27 heavy (non-hydrogen) atoms. The Bertz CT molecular complexity index is 1120. The molecule has 11 heteroatoms. The third-order valence-corrected chi connectivity index (χ3v) is 4.49. The first-order chi connectivity index (χ1) is 12.8. The van der Waals surface area contributed by atoms with Crippen molar-refractivity contribution >= 4 is 34.2 Å². The third-order valence-electron chi connectivity index (χ3n) is 3.77. The average molecular weight is 414 g/mol. The van der Waals surface area contributed by atoms with Crippen LogP contribution in [0.25, 0.3) is 22.4 Å². The molecule has 0 aliphatic heterocycles. The van der Waals surface area contributed by atoms with Crippen molar-refractivity contribution in [3.05, 3.63) is 57.9 Å². The summed E-state index contributed by atoms with van der Waals surface area (Å²) in [5.41, 5.74) is 2.56. The number of hydrogen-bond donors (Lipinski definition) is 0. The summed E-state index contributed by atoms with van der Waals surface area (Å²) in [7, 11) is 0. The van der Waals surface area contributed by atoms with Crippen LogP contribution in [0.3, 0.4) is 0 Å². The highest BCUT2D eigenvalue weighted by molar-refractivity contribution is 6.42. The van der Waals surface area contributed by atoms with Gasteiger partial charge in [-0.2, -0.15) is 18.2 Å². The van der Waals surface area contributed by atoms with Crippen LogP contribution in [0.2, 0.25) is 10.0 Å². The molecule has 0 radical (unpaired) electrons. The molecule has 0 fully saturated rings. The van der Waals surface area contributed by atoms with E-state index in [1.807, 2.05) is 0 Å². The molecular formula is C16H8Cl2F3N5O. The van der Waals surface area contributed by atoms with Crippen LogP contribution in [-0.2, 0) is 12.7 Å². The maximum Gasteiger partial charge on any atom is 0.471 e. The fraction of sp³-hybridized carbons (Fsp3) is 0.125. The average Bonchev–Trinajstić information content (AvgIpc) is 3.24. The minimum Gasteiger partial charge on any atom is -0.329 e. The molecule has 2 aromatic carbocycles. The van der Waals surface area contributed by atoms with Gasteiger partial charge in [0, 0.05) is 5.56 Å². The summed E-state index contributed by atoms with van der Waals surface area (Å²) < 4.78 is 43.5. The number of rotatable bonds is 3. The molecular weight excluding hydrogens is 406 g/mol. The summed E-state index contributed by atoms with van der Waals surface area (Å²) in [6.07, 6.45) is -4.68. The van der Waals surface area contributed by atoms with Crippen molar-refractivity contribution < 1.29 is 17.7 Å². The van der Waals surface area contributed by atoms with Gasteiger partial charge >= 0.3 is 12.1 Å². The monoisotopic (exact) mass is 413 g/mol. The van der Waals surface area contributed by atoms with Crippen molar-refractivity contribution in [1.82, 2.24) is 25.1 Å². The number of alkyl halides is 3. The van der Waals surface area contributed by atoms with Crippen molar-refractivity contribution in [3.8, 4) is 11.4 Å². The topological polar surface area (TPSA) is 69.6 Å². The van der Waals surface area contributed by atoms with Crippen molar-refractivity contribution in [2.75, 3.05) is 0 Å². The summed E-state index contributed by atoms with van der Waals surface area (Å²) in [4.78, 5) is 3.36. The van der Waals surface area contributed by atoms with Crippen LogP contribution in [0.5, 0.6) is 0 Å². The minimum absolute atomic E-state index is 0.137. The lowest BCUT2D eigenvalue weighted by molar-refractivity contribution is -0.159. The van der Waals surface area contributed by atoms with Gasteiger partial charge in [0.2, 0.25) is 5.82 Å². The molecule has 4 rings (SSSR count). The van der Waals surface area contributed by atoms with Crippen LogP contribution >= 0.6 is 23.2 Å². The lowest BCUT2D eigenvalue weighted by atomic mass is 10.1. The number of benzene rings is 2. The van der Waals surface area contributed by atoms with E-state index < -0.39 is 12.1 Å². The molecule has 2 heterocycles. The number of fused-ring (bicyclic) bond motifs is 1. The second kappa shape index (κ2) is 6.50. The van der Waals surface area contributed by atoms with E-state index in [0.717, 1.165) is 5.56 Å². The highest BCUT2D eigenvalue weighted by Gasteiger charge is 2.38. The summed E-state index contributed by atoms with van der Waals surface area (Å²) in [5, 5.41) is 12.2. The third kappa shape index (κ3) is 3.47. The predicted molar refractivity (Wildman–Crippen MR) is 91.4 cm³/mol.